The largest absolute Gasteiger partial charge is 0.507 e. The van der Waals surface area contributed by atoms with Crippen LogP contribution in [0.4, 0.5) is 0 Å². The van der Waals surface area contributed by atoms with Gasteiger partial charge in [-0.1, -0.05) is 0 Å². The normalized spacial score (nSPS) is 36.5. The van der Waals surface area contributed by atoms with Crippen LogP contribution in [-0.2, 0) is 14.2 Å². The lowest BCUT2D eigenvalue weighted by Gasteiger charge is -2.41. The molecule has 0 saturated carbocycles. The van der Waals surface area contributed by atoms with Gasteiger partial charge in [-0.2, -0.15) is 0 Å². The van der Waals surface area contributed by atoms with Crippen LogP contribution in [-0.4, -0.2) is 104 Å². The second-order valence-electron chi connectivity index (χ2n) is 8.25. The molecule has 2 fully saturated rings. The third-order valence-corrected chi connectivity index (χ3v) is 5.71. The molecule has 13 heteroatoms. The van der Waals surface area contributed by atoms with Crippen LogP contribution in [0.5, 0.6) is 11.5 Å². The Labute approximate surface area is 191 Å². The predicted molar refractivity (Wildman–Crippen MR) is 110 cm³/mol. The second kappa shape index (κ2) is 9.73. The van der Waals surface area contributed by atoms with Crippen molar-refractivity contribution < 1.29 is 59.1 Å². The molecule has 0 aliphatic carbocycles. The van der Waals surface area contributed by atoms with Gasteiger partial charge in [0.15, 0.2) is 11.7 Å². The zero-order chi connectivity index (χ0) is 24.7. The first-order valence-electron chi connectivity index (χ1n) is 10.5. The first kappa shape index (κ1) is 24.8. The molecule has 1 aromatic carbocycles. The summed E-state index contributed by atoms with van der Waals surface area (Å²) >= 11 is 0. The number of aromatic hydroxyl groups is 1. The number of rotatable bonds is 5. The minimum Gasteiger partial charge on any atom is -0.507 e. The fourth-order valence-electron chi connectivity index (χ4n) is 3.83. The van der Waals surface area contributed by atoms with E-state index in [-0.39, 0.29) is 23.3 Å². The van der Waals surface area contributed by atoms with E-state index in [9.17, 15) is 40.5 Å². The number of hydrogen-bond acceptors (Lipinski definition) is 13. The highest BCUT2D eigenvalue weighted by molar-refractivity contribution is 5.84. The zero-order valence-corrected chi connectivity index (χ0v) is 17.9. The molecule has 2 saturated heterocycles. The van der Waals surface area contributed by atoms with Crippen LogP contribution >= 0.6 is 0 Å². The molecule has 7 N–H and O–H groups in total. The van der Waals surface area contributed by atoms with Crippen molar-refractivity contribution in [1.29, 1.82) is 0 Å². The third kappa shape index (κ3) is 4.75. The van der Waals surface area contributed by atoms with Crippen molar-refractivity contribution in [2.75, 3.05) is 13.2 Å². The second-order valence-corrected chi connectivity index (χ2v) is 8.25. The first-order valence-corrected chi connectivity index (χ1v) is 10.5. The van der Waals surface area contributed by atoms with Crippen LogP contribution in [0.2, 0.25) is 0 Å². The fourth-order valence-corrected chi connectivity index (χ4v) is 3.83. The monoisotopic (exact) mass is 486 g/mol. The molecule has 1 aromatic heterocycles. The van der Waals surface area contributed by atoms with Crippen molar-refractivity contribution in [3.05, 3.63) is 34.2 Å². The van der Waals surface area contributed by atoms with E-state index in [1.54, 1.807) is 6.92 Å². The van der Waals surface area contributed by atoms with Gasteiger partial charge in [0, 0.05) is 18.2 Å². The summed E-state index contributed by atoms with van der Waals surface area (Å²) in [6.07, 6.45) is -13.6. The Morgan fingerprint density at radius 3 is 2.38 bits per heavy atom. The summed E-state index contributed by atoms with van der Waals surface area (Å²) in [5.74, 6) is -0.200. The SMILES string of the molecule is Cc1cc(=O)c2c(O)cc(O[C@@H]3O[C@@H](CO[C@@H]4OC[C@@H](O)[C@H](O)[C@@H]4O)[C@@H](O)[C@H](O)[C@@H]3O)cc2o1. The maximum atomic E-state index is 12.1. The van der Waals surface area contributed by atoms with Crippen LogP contribution in [0, 0.1) is 6.92 Å². The van der Waals surface area contributed by atoms with E-state index in [1.165, 1.54) is 12.1 Å². The average Bonchev–Trinajstić information content (AvgIpc) is 2.77. The van der Waals surface area contributed by atoms with Crippen LogP contribution in [0.3, 0.4) is 0 Å². The number of phenols is 1. The Kier molecular flexibility index (Phi) is 7.09. The molecule has 4 rings (SSSR count). The summed E-state index contributed by atoms with van der Waals surface area (Å²) in [5, 5.41) is 70.2. The minimum atomic E-state index is -1.72. The quantitative estimate of drug-likeness (QED) is 0.232. The third-order valence-electron chi connectivity index (χ3n) is 5.71. The van der Waals surface area contributed by atoms with E-state index in [0.29, 0.717) is 5.76 Å². The van der Waals surface area contributed by atoms with E-state index < -0.39 is 73.1 Å². The van der Waals surface area contributed by atoms with E-state index in [4.69, 9.17) is 23.4 Å². The lowest BCUT2D eigenvalue weighted by molar-refractivity contribution is -0.307. The van der Waals surface area contributed by atoms with Crippen molar-refractivity contribution in [3.63, 3.8) is 0 Å². The standard InChI is InChI=1S/C21H26O13/c1-7-2-9(22)14-10(23)3-8(4-12(14)32-7)33-21-19(29)17(27)16(26)13(34-21)6-31-20-18(28)15(25)11(24)5-30-20/h2-4,11,13,15-21,23-29H,5-6H2,1H3/t11-,13+,15+,16-,17+,18+,19+,20+,21-/m1/s1. The van der Waals surface area contributed by atoms with E-state index in [0.717, 1.165) is 6.07 Å². The molecule has 0 amide bonds. The van der Waals surface area contributed by atoms with Gasteiger partial charge in [-0.25, -0.2) is 0 Å². The molecule has 9 atom stereocenters. The van der Waals surface area contributed by atoms with Crippen molar-refractivity contribution >= 4 is 11.0 Å². The number of phenolic OH excluding ortho intramolecular Hbond substituents is 1. The maximum Gasteiger partial charge on any atom is 0.229 e. The van der Waals surface area contributed by atoms with Crippen LogP contribution in [0.25, 0.3) is 11.0 Å². The highest BCUT2D eigenvalue weighted by atomic mass is 16.7. The Hall–Kier alpha value is -2.33. The molecule has 0 bridgehead atoms. The molecule has 2 aliphatic heterocycles. The molecule has 2 aromatic rings. The Balaban J connectivity index is 1.48. The molecule has 2 aliphatic rings. The smallest absolute Gasteiger partial charge is 0.229 e. The highest BCUT2D eigenvalue weighted by Gasteiger charge is 2.46. The molecule has 3 heterocycles. The van der Waals surface area contributed by atoms with Crippen LogP contribution in [0.15, 0.2) is 27.4 Å². The van der Waals surface area contributed by atoms with Gasteiger partial charge in [0.05, 0.1) is 13.2 Å². The molecule has 0 unspecified atom stereocenters. The van der Waals surface area contributed by atoms with Gasteiger partial charge in [0.2, 0.25) is 6.29 Å². The average molecular weight is 486 g/mol. The summed E-state index contributed by atoms with van der Waals surface area (Å²) in [5.41, 5.74) is -0.438. The minimum absolute atomic E-state index is 0.0231. The molecule has 34 heavy (non-hydrogen) atoms. The van der Waals surface area contributed by atoms with Crippen molar-refractivity contribution in [3.8, 4) is 11.5 Å². The van der Waals surface area contributed by atoms with Crippen molar-refractivity contribution in [2.45, 2.75) is 62.2 Å². The number of ether oxygens (including phenoxy) is 4. The van der Waals surface area contributed by atoms with E-state index in [1.807, 2.05) is 0 Å². The molecule has 0 spiro atoms. The number of benzene rings is 1. The number of aliphatic hydroxyl groups excluding tert-OH is 6. The molecule has 13 nitrogen and oxygen atoms in total. The van der Waals surface area contributed by atoms with Gasteiger partial charge in [0.1, 0.15) is 71.0 Å². The Morgan fingerprint density at radius 2 is 1.65 bits per heavy atom. The zero-order valence-electron chi connectivity index (χ0n) is 17.9. The van der Waals surface area contributed by atoms with Crippen LogP contribution in [0.1, 0.15) is 5.76 Å². The highest BCUT2D eigenvalue weighted by Crippen LogP contribution is 2.31. The van der Waals surface area contributed by atoms with Gasteiger partial charge in [-0.15, -0.1) is 0 Å². The summed E-state index contributed by atoms with van der Waals surface area (Å²) in [7, 11) is 0. The molecule has 0 radical (unpaired) electrons. The van der Waals surface area contributed by atoms with Gasteiger partial charge in [-0.05, 0) is 6.92 Å². The summed E-state index contributed by atoms with van der Waals surface area (Å²) < 4.78 is 27.0. The van der Waals surface area contributed by atoms with E-state index in [2.05, 4.69) is 0 Å². The summed E-state index contributed by atoms with van der Waals surface area (Å²) in [6, 6.07) is 3.61. The predicted octanol–water partition coefficient (Wildman–Crippen LogP) is -2.55. The lowest BCUT2D eigenvalue weighted by Crippen LogP contribution is -2.61. The number of hydrogen-bond donors (Lipinski definition) is 7. The lowest BCUT2D eigenvalue weighted by atomic mass is 9.99. The maximum absolute atomic E-state index is 12.1. The number of fused-ring (bicyclic) bond motifs is 1. The van der Waals surface area contributed by atoms with Crippen LogP contribution < -0.4 is 10.2 Å². The molecular weight excluding hydrogens is 460 g/mol. The van der Waals surface area contributed by atoms with Gasteiger partial charge < -0.3 is 59.1 Å². The first-order chi connectivity index (χ1) is 16.1. The van der Waals surface area contributed by atoms with Crippen molar-refractivity contribution in [1.82, 2.24) is 0 Å². The Bertz CT molecular complexity index is 1070. The number of aliphatic hydroxyl groups is 6. The Morgan fingerprint density at radius 1 is 0.941 bits per heavy atom. The van der Waals surface area contributed by atoms with E-state index >= 15 is 0 Å². The summed E-state index contributed by atoms with van der Waals surface area (Å²) in [6.45, 7) is 0.798. The summed E-state index contributed by atoms with van der Waals surface area (Å²) in [4.78, 5) is 12.1. The van der Waals surface area contributed by atoms with Gasteiger partial charge in [0.25, 0.3) is 0 Å². The van der Waals surface area contributed by atoms with Gasteiger partial charge >= 0.3 is 0 Å². The van der Waals surface area contributed by atoms with Gasteiger partial charge in [-0.3, -0.25) is 4.79 Å². The molecule has 188 valence electrons. The topological polar surface area (TPSA) is 209 Å². The number of aryl methyl sites for hydroxylation is 1. The fraction of sp³-hybridized carbons (Fsp3) is 0.571. The van der Waals surface area contributed by atoms with Crippen molar-refractivity contribution in [2.24, 2.45) is 0 Å². The molecular formula is C21H26O13.